The van der Waals surface area contributed by atoms with Crippen LogP contribution in [-0.4, -0.2) is 0 Å². The van der Waals surface area contributed by atoms with Gasteiger partial charge in [-0.25, -0.2) is 0 Å². The van der Waals surface area contributed by atoms with Gasteiger partial charge in [0, 0.05) is 11.5 Å². The van der Waals surface area contributed by atoms with Crippen molar-refractivity contribution >= 4 is 25.3 Å². The fraction of sp³-hybridized carbons (Fsp3) is 0.250. The molecule has 0 aliphatic heterocycles. The van der Waals surface area contributed by atoms with E-state index in [4.69, 9.17) is 0 Å². The second-order valence-electron chi connectivity index (χ2n) is 1.94. The smallest absolute Gasteiger partial charge is 0.0157 e. The largest absolute Gasteiger partial charge is 0.175 e. The van der Waals surface area contributed by atoms with Crippen LogP contribution in [0.1, 0.15) is 11.1 Å². The summed E-state index contributed by atoms with van der Waals surface area (Å²) in [7, 11) is 0. The Balaban J connectivity index is 2.96. The summed E-state index contributed by atoms with van der Waals surface area (Å²) >= 11 is 8.33. The lowest BCUT2D eigenvalue weighted by Crippen LogP contribution is -1.86. The molecule has 1 aromatic carbocycles. The maximum Gasteiger partial charge on any atom is 0.0157 e. The third-order valence-corrected chi connectivity index (χ3v) is 2.01. The molecule has 0 heterocycles. The Labute approximate surface area is 72.5 Å². The quantitative estimate of drug-likeness (QED) is 0.621. The van der Waals surface area contributed by atoms with Crippen molar-refractivity contribution in [1.82, 2.24) is 0 Å². The average Bonchev–Trinajstić information content (AvgIpc) is 2.04. The lowest BCUT2D eigenvalue weighted by atomic mass is 10.1. The topological polar surface area (TPSA) is 0 Å². The molecule has 0 unspecified atom stereocenters. The molecular weight excluding hydrogens is 160 g/mol. The molecule has 0 amide bonds. The highest BCUT2D eigenvalue weighted by atomic mass is 32.1. The van der Waals surface area contributed by atoms with E-state index >= 15 is 0 Å². The predicted octanol–water partition coefficient (Wildman–Crippen LogP) is 2.15. The van der Waals surface area contributed by atoms with Crippen LogP contribution in [0.4, 0.5) is 0 Å². The van der Waals surface area contributed by atoms with E-state index in [9.17, 15) is 0 Å². The van der Waals surface area contributed by atoms with Gasteiger partial charge in [-0.15, -0.1) is 0 Å². The van der Waals surface area contributed by atoms with E-state index in [1.807, 2.05) is 12.1 Å². The van der Waals surface area contributed by atoms with Gasteiger partial charge >= 0.3 is 0 Å². The maximum atomic E-state index is 4.17. The van der Waals surface area contributed by atoms with Gasteiger partial charge in [0.2, 0.25) is 0 Å². The molecule has 0 saturated carbocycles. The Morgan fingerprint density at radius 3 is 1.70 bits per heavy atom. The van der Waals surface area contributed by atoms with E-state index in [0.29, 0.717) is 0 Å². The molecule has 1 aromatic rings. The molecule has 0 aromatic heterocycles. The van der Waals surface area contributed by atoms with Crippen LogP contribution in [0.15, 0.2) is 12.1 Å². The van der Waals surface area contributed by atoms with E-state index in [0.717, 1.165) is 11.5 Å². The van der Waals surface area contributed by atoms with Crippen molar-refractivity contribution in [1.29, 1.82) is 0 Å². The fourth-order valence-corrected chi connectivity index (χ4v) is 1.33. The lowest BCUT2D eigenvalue weighted by molar-refractivity contribution is 1.29. The maximum absolute atomic E-state index is 4.17. The Morgan fingerprint density at radius 1 is 1.00 bits per heavy atom. The van der Waals surface area contributed by atoms with E-state index < -0.39 is 0 Å². The average molecular weight is 168 g/mol. The second kappa shape index (κ2) is 3.94. The molecule has 0 aliphatic rings. The van der Waals surface area contributed by atoms with Gasteiger partial charge in [-0.1, -0.05) is 0 Å². The molecule has 52 valence electrons. The zero-order valence-corrected chi connectivity index (χ0v) is 7.25. The van der Waals surface area contributed by atoms with Crippen molar-refractivity contribution in [2.45, 2.75) is 11.5 Å². The molecule has 2 radical (unpaired) electrons. The van der Waals surface area contributed by atoms with Crippen LogP contribution in [0.25, 0.3) is 0 Å². The summed E-state index contributed by atoms with van der Waals surface area (Å²) < 4.78 is 0. The van der Waals surface area contributed by atoms with Crippen molar-refractivity contribution in [3.63, 3.8) is 0 Å². The number of hydrogen-bond acceptors (Lipinski definition) is 2. The summed E-state index contributed by atoms with van der Waals surface area (Å²) in [5.74, 6) is 1.50. The normalized spacial score (nSPS) is 9.80. The molecular formula is C8H8S2. The summed E-state index contributed by atoms with van der Waals surface area (Å²) in [6, 6.07) is 9.56. The van der Waals surface area contributed by atoms with E-state index in [2.05, 4.69) is 37.4 Å². The zero-order chi connectivity index (χ0) is 7.40. The van der Waals surface area contributed by atoms with E-state index in [-0.39, 0.29) is 0 Å². The van der Waals surface area contributed by atoms with Gasteiger partial charge in [0.1, 0.15) is 0 Å². The van der Waals surface area contributed by atoms with Crippen molar-refractivity contribution in [3.05, 3.63) is 35.4 Å². The minimum absolute atomic E-state index is 0.751. The SMILES string of the molecule is SCc1c[c][c]cc1CS. The molecule has 0 fully saturated rings. The van der Waals surface area contributed by atoms with Crippen LogP contribution in [0.2, 0.25) is 0 Å². The van der Waals surface area contributed by atoms with Gasteiger partial charge in [0.25, 0.3) is 0 Å². The highest BCUT2D eigenvalue weighted by molar-refractivity contribution is 7.79. The molecule has 0 N–H and O–H groups in total. The summed E-state index contributed by atoms with van der Waals surface area (Å²) in [6.07, 6.45) is 0. The van der Waals surface area contributed by atoms with Crippen molar-refractivity contribution < 1.29 is 0 Å². The van der Waals surface area contributed by atoms with E-state index in [1.54, 1.807) is 0 Å². The second-order valence-corrected chi connectivity index (χ2v) is 2.58. The van der Waals surface area contributed by atoms with Crippen molar-refractivity contribution in [2.24, 2.45) is 0 Å². The van der Waals surface area contributed by atoms with Crippen LogP contribution in [0.5, 0.6) is 0 Å². The third kappa shape index (κ3) is 1.70. The van der Waals surface area contributed by atoms with Gasteiger partial charge in [0.15, 0.2) is 0 Å². The molecule has 0 spiro atoms. The van der Waals surface area contributed by atoms with Crippen molar-refractivity contribution in [2.75, 3.05) is 0 Å². The Kier molecular flexibility index (Phi) is 3.16. The third-order valence-electron chi connectivity index (χ3n) is 1.33. The summed E-state index contributed by atoms with van der Waals surface area (Å²) in [5, 5.41) is 0. The van der Waals surface area contributed by atoms with Crippen LogP contribution in [0, 0.1) is 12.1 Å². The number of hydrogen-bond donors (Lipinski definition) is 2. The lowest BCUT2D eigenvalue weighted by Gasteiger charge is -2.01. The van der Waals surface area contributed by atoms with Gasteiger partial charge in [-0.3, -0.25) is 0 Å². The van der Waals surface area contributed by atoms with Crippen molar-refractivity contribution in [3.8, 4) is 0 Å². The fourth-order valence-electron chi connectivity index (χ4n) is 0.737. The molecule has 2 heteroatoms. The molecule has 10 heavy (non-hydrogen) atoms. The summed E-state index contributed by atoms with van der Waals surface area (Å²) in [6.45, 7) is 0. The van der Waals surface area contributed by atoms with Gasteiger partial charge < -0.3 is 0 Å². The van der Waals surface area contributed by atoms with Gasteiger partial charge in [0.05, 0.1) is 0 Å². The molecule has 0 atom stereocenters. The van der Waals surface area contributed by atoms with Crippen LogP contribution >= 0.6 is 25.3 Å². The van der Waals surface area contributed by atoms with Crippen LogP contribution in [0.3, 0.4) is 0 Å². The molecule has 0 saturated heterocycles. The Bertz CT molecular complexity index is 185. The molecule has 0 bridgehead atoms. The van der Waals surface area contributed by atoms with Gasteiger partial charge in [-0.2, -0.15) is 25.3 Å². The molecule has 1 rings (SSSR count). The number of rotatable bonds is 2. The van der Waals surface area contributed by atoms with Crippen LogP contribution in [-0.2, 0) is 11.5 Å². The first-order valence-electron chi connectivity index (χ1n) is 2.99. The molecule has 0 aliphatic carbocycles. The van der Waals surface area contributed by atoms with Crippen LogP contribution < -0.4 is 0 Å². The van der Waals surface area contributed by atoms with E-state index in [1.165, 1.54) is 11.1 Å². The first-order chi connectivity index (χ1) is 4.88. The Hall–Kier alpha value is -0.0800. The standard InChI is InChI=1S/C8H8S2/c9-5-7-3-1-2-4-8(7)6-10/h3-4,9-10H,5-6H2. The first kappa shape index (κ1) is 8.02. The highest BCUT2D eigenvalue weighted by Gasteiger charge is 1.95. The zero-order valence-electron chi connectivity index (χ0n) is 5.46. The minimum Gasteiger partial charge on any atom is -0.175 e. The summed E-state index contributed by atoms with van der Waals surface area (Å²) in [4.78, 5) is 0. The molecule has 0 nitrogen and oxygen atoms in total. The first-order valence-corrected chi connectivity index (χ1v) is 4.26. The minimum atomic E-state index is 0.751. The monoisotopic (exact) mass is 168 g/mol. The Morgan fingerprint density at radius 2 is 1.40 bits per heavy atom. The van der Waals surface area contributed by atoms with Gasteiger partial charge in [-0.05, 0) is 35.4 Å². The summed E-state index contributed by atoms with van der Waals surface area (Å²) in [5.41, 5.74) is 2.38. The highest BCUT2D eigenvalue weighted by Crippen LogP contribution is 2.11. The number of thiol groups is 2. The number of benzene rings is 1. The predicted molar refractivity (Wildman–Crippen MR) is 49.5 cm³/mol.